The summed E-state index contributed by atoms with van der Waals surface area (Å²) >= 11 is 6.20. The van der Waals surface area contributed by atoms with Gasteiger partial charge in [-0.2, -0.15) is 0 Å². The van der Waals surface area contributed by atoms with Crippen LogP contribution in [0.15, 0.2) is 54.6 Å². The Bertz CT molecular complexity index is 867. The highest BCUT2D eigenvalue weighted by Crippen LogP contribution is 2.55. The van der Waals surface area contributed by atoms with Gasteiger partial charge in [0, 0.05) is 11.5 Å². The van der Waals surface area contributed by atoms with Crippen LogP contribution in [0, 0.1) is 17.8 Å². The van der Waals surface area contributed by atoms with Gasteiger partial charge in [-0.1, -0.05) is 36.9 Å². The molecule has 4 rings (SSSR count). The van der Waals surface area contributed by atoms with Gasteiger partial charge in [0.25, 0.3) is 0 Å². The van der Waals surface area contributed by atoms with Gasteiger partial charge in [-0.25, -0.2) is 9.59 Å². The smallest absolute Gasteiger partial charge is 0.338 e. The summed E-state index contributed by atoms with van der Waals surface area (Å²) in [4.78, 5) is 24.8. The number of aliphatic hydroxyl groups is 2. The summed E-state index contributed by atoms with van der Waals surface area (Å²) in [7, 11) is 0. The van der Waals surface area contributed by atoms with E-state index in [0.717, 1.165) is 0 Å². The minimum absolute atomic E-state index is 0.178. The maximum Gasteiger partial charge on any atom is 0.338 e. The zero-order valence-corrected chi connectivity index (χ0v) is 16.5. The minimum atomic E-state index is -1.64. The van der Waals surface area contributed by atoms with Gasteiger partial charge in [-0.05, 0) is 30.9 Å². The summed E-state index contributed by atoms with van der Waals surface area (Å²) in [5, 5.41) is 22.2. The lowest BCUT2D eigenvalue weighted by molar-refractivity contribution is -0.151. The van der Waals surface area contributed by atoms with E-state index in [1.807, 2.05) is 0 Å². The molecule has 0 radical (unpaired) electrons. The van der Waals surface area contributed by atoms with Crippen LogP contribution in [0.5, 0.6) is 0 Å². The van der Waals surface area contributed by atoms with Crippen molar-refractivity contribution in [2.45, 2.75) is 36.8 Å². The Kier molecular flexibility index (Phi) is 5.05. The van der Waals surface area contributed by atoms with Gasteiger partial charge in [-0.15, -0.1) is 11.6 Å². The van der Waals surface area contributed by atoms with Crippen LogP contribution in [0.2, 0.25) is 0 Å². The molecular formula is C22H23ClO6. The number of hydrogen-bond acceptors (Lipinski definition) is 6. The van der Waals surface area contributed by atoms with E-state index >= 15 is 0 Å². The molecule has 1 heterocycles. The van der Waals surface area contributed by atoms with E-state index in [0.29, 0.717) is 11.1 Å². The Balaban J connectivity index is 1.69. The van der Waals surface area contributed by atoms with E-state index < -0.39 is 47.7 Å². The number of fused-ring (bicyclic) bond motifs is 3. The maximum atomic E-state index is 12.6. The highest BCUT2D eigenvalue weighted by Gasteiger charge is 2.65. The average Bonchev–Trinajstić information content (AvgIpc) is 3.12. The second-order valence-corrected chi connectivity index (χ2v) is 8.37. The molecule has 1 aromatic carbocycles. The van der Waals surface area contributed by atoms with Gasteiger partial charge in [0.2, 0.25) is 0 Å². The van der Waals surface area contributed by atoms with Gasteiger partial charge in [0.15, 0.2) is 0 Å². The predicted molar refractivity (Wildman–Crippen MR) is 105 cm³/mol. The monoisotopic (exact) mass is 418 g/mol. The second kappa shape index (κ2) is 7.27. The average molecular weight is 419 g/mol. The standard InChI is InChI=1S/C22H23ClO6/c1-11-8-15(24)17-12(2)20(25)29-19(17)18-14(11)9-16(22(18,27)10-23)28-21(26)13-6-4-3-5-7-13/h3-7,14-19,24,27H,1-2,8-10H2. The Morgan fingerprint density at radius 3 is 2.66 bits per heavy atom. The first kappa shape index (κ1) is 20.1. The zero-order valence-electron chi connectivity index (χ0n) is 15.8. The Morgan fingerprint density at radius 2 is 2.00 bits per heavy atom. The quantitative estimate of drug-likeness (QED) is 0.338. The first-order chi connectivity index (χ1) is 13.8. The summed E-state index contributed by atoms with van der Waals surface area (Å²) in [6.45, 7) is 7.85. The number of halogens is 1. The number of ether oxygens (including phenoxy) is 2. The molecule has 0 aromatic heterocycles. The van der Waals surface area contributed by atoms with Crippen molar-refractivity contribution in [3.8, 4) is 0 Å². The van der Waals surface area contributed by atoms with E-state index in [1.165, 1.54) is 0 Å². The van der Waals surface area contributed by atoms with Gasteiger partial charge in [0.1, 0.15) is 17.8 Å². The molecule has 0 spiro atoms. The lowest BCUT2D eigenvalue weighted by Crippen LogP contribution is -2.53. The fourth-order valence-corrected chi connectivity index (χ4v) is 5.43. The number of alkyl halides is 1. The molecule has 7 unspecified atom stereocenters. The lowest BCUT2D eigenvalue weighted by Gasteiger charge is -2.37. The third-order valence-corrected chi connectivity index (χ3v) is 6.96. The van der Waals surface area contributed by atoms with Crippen LogP contribution in [-0.2, 0) is 14.3 Å². The van der Waals surface area contributed by atoms with E-state index in [-0.39, 0.29) is 30.2 Å². The molecule has 1 saturated heterocycles. The Hall–Kier alpha value is -2.15. The van der Waals surface area contributed by atoms with Crippen molar-refractivity contribution in [2.24, 2.45) is 17.8 Å². The predicted octanol–water partition coefficient (Wildman–Crippen LogP) is 2.24. The number of esters is 2. The van der Waals surface area contributed by atoms with Crippen LogP contribution in [0.3, 0.4) is 0 Å². The van der Waals surface area contributed by atoms with E-state index in [9.17, 15) is 19.8 Å². The van der Waals surface area contributed by atoms with Crippen molar-refractivity contribution < 1.29 is 29.3 Å². The van der Waals surface area contributed by atoms with Gasteiger partial charge in [-0.3, -0.25) is 0 Å². The first-order valence-corrected chi connectivity index (χ1v) is 10.1. The molecule has 3 aliphatic rings. The molecule has 2 aliphatic carbocycles. The minimum Gasteiger partial charge on any atom is -0.458 e. The lowest BCUT2D eigenvalue weighted by atomic mass is 9.76. The van der Waals surface area contributed by atoms with Crippen LogP contribution >= 0.6 is 11.6 Å². The summed E-state index contributed by atoms with van der Waals surface area (Å²) in [6.07, 6.45) is -2.07. The van der Waals surface area contributed by atoms with Gasteiger partial charge >= 0.3 is 11.9 Å². The highest BCUT2D eigenvalue weighted by atomic mass is 35.5. The fraction of sp³-hybridized carbons (Fsp3) is 0.455. The maximum absolute atomic E-state index is 12.6. The van der Waals surface area contributed by atoms with Gasteiger partial charge < -0.3 is 19.7 Å². The molecule has 2 N–H and O–H groups in total. The number of benzene rings is 1. The van der Waals surface area contributed by atoms with Gasteiger partial charge in [0.05, 0.1) is 23.5 Å². The molecule has 154 valence electrons. The van der Waals surface area contributed by atoms with Crippen LogP contribution < -0.4 is 0 Å². The molecule has 29 heavy (non-hydrogen) atoms. The molecule has 7 heteroatoms. The molecule has 1 aliphatic heterocycles. The molecule has 0 amide bonds. The third-order valence-electron chi connectivity index (χ3n) is 6.53. The van der Waals surface area contributed by atoms with Crippen molar-refractivity contribution in [2.75, 3.05) is 5.88 Å². The van der Waals surface area contributed by atoms with Crippen molar-refractivity contribution in [3.05, 3.63) is 60.2 Å². The van der Waals surface area contributed by atoms with Crippen molar-refractivity contribution in [3.63, 3.8) is 0 Å². The summed E-state index contributed by atoms with van der Waals surface area (Å²) in [5.74, 6) is -3.02. The molecule has 1 aromatic rings. The topological polar surface area (TPSA) is 93.1 Å². The van der Waals surface area contributed by atoms with Crippen LogP contribution in [0.25, 0.3) is 0 Å². The molecule has 7 atom stereocenters. The third kappa shape index (κ3) is 3.10. The molecule has 3 fully saturated rings. The Morgan fingerprint density at radius 1 is 1.31 bits per heavy atom. The second-order valence-electron chi connectivity index (χ2n) is 8.10. The van der Waals surface area contributed by atoms with Crippen molar-refractivity contribution >= 4 is 23.5 Å². The molecule has 0 bridgehead atoms. The van der Waals surface area contributed by atoms with E-state index in [4.69, 9.17) is 21.1 Å². The summed E-state index contributed by atoms with van der Waals surface area (Å²) in [5.41, 5.74) is -0.387. The van der Waals surface area contributed by atoms with Crippen LogP contribution in [0.4, 0.5) is 0 Å². The van der Waals surface area contributed by atoms with Crippen molar-refractivity contribution in [1.82, 2.24) is 0 Å². The summed E-state index contributed by atoms with van der Waals surface area (Å²) < 4.78 is 11.2. The van der Waals surface area contributed by atoms with Crippen molar-refractivity contribution in [1.29, 1.82) is 0 Å². The largest absolute Gasteiger partial charge is 0.458 e. The number of carbonyl (C=O) groups is 2. The zero-order chi connectivity index (χ0) is 20.9. The van der Waals surface area contributed by atoms with Crippen LogP contribution in [-0.4, -0.2) is 51.9 Å². The fourth-order valence-electron chi connectivity index (χ4n) is 5.08. The normalized spacial score (nSPS) is 38.8. The number of carbonyl (C=O) groups excluding carboxylic acids is 2. The number of hydrogen-bond donors (Lipinski definition) is 2. The number of rotatable bonds is 3. The highest BCUT2D eigenvalue weighted by molar-refractivity contribution is 6.18. The SMILES string of the molecule is C=C1CC(O)C2C(=C)C(=O)OC2C2C1CC(OC(=O)c1ccccc1)C2(O)CCl. The number of aliphatic hydroxyl groups excluding tert-OH is 1. The molecule has 6 nitrogen and oxygen atoms in total. The first-order valence-electron chi connectivity index (χ1n) is 9.57. The van der Waals surface area contributed by atoms with E-state index in [2.05, 4.69) is 13.2 Å². The molecule has 2 saturated carbocycles. The molecular weight excluding hydrogens is 396 g/mol. The Labute approximate surface area is 173 Å². The van der Waals surface area contributed by atoms with E-state index in [1.54, 1.807) is 30.3 Å². The van der Waals surface area contributed by atoms with Crippen LogP contribution in [0.1, 0.15) is 23.2 Å². The summed E-state index contributed by atoms with van der Waals surface area (Å²) in [6, 6.07) is 8.49.